The average Bonchev–Trinajstić information content (AvgIpc) is 2.85. The Hall–Kier alpha value is -2.11. The van der Waals surface area contributed by atoms with Gasteiger partial charge in [-0.25, -0.2) is 0 Å². The van der Waals surface area contributed by atoms with Gasteiger partial charge in [0.25, 0.3) is 5.91 Å². The van der Waals surface area contributed by atoms with E-state index in [9.17, 15) is 9.90 Å². The molecule has 5 heteroatoms. The third-order valence-electron chi connectivity index (χ3n) is 8.31. The summed E-state index contributed by atoms with van der Waals surface area (Å²) in [5, 5.41) is 10.8. The van der Waals surface area contributed by atoms with Crippen LogP contribution in [-0.4, -0.2) is 72.7 Å². The number of nitrogens with zero attached hydrogens (tertiary/aromatic N) is 3. The number of hydrogen-bond donors (Lipinski definition) is 1. The van der Waals surface area contributed by atoms with Crippen LogP contribution in [0.3, 0.4) is 0 Å². The molecular weight excluding hydrogens is 410 g/mol. The minimum absolute atomic E-state index is 0.0706. The SMILES string of the molecule is CN(c1ccc2c(c1)CCN(C[C@H](O)CN1CCC3C=CC=CC3C1)C2=O)C1CCCCC1. The van der Waals surface area contributed by atoms with E-state index in [2.05, 4.69) is 53.3 Å². The lowest BCUT2D eigenvalue weighted by molar-refractivity contribution is 0.0431. The van der Waals surface area contributed by atoms with Crippen LogP contribution in [0, 0.1) is 11.8 Å². The quantitative estimate of drug-likeness (QED) is 0.716. The van der Waals surface area contributed by atoms with Crippen LogP contribution in [-0.2, 0) is 6.42 Å². The fourth-order valence-electron chi connectivity index (χ4n) is 6.30. The number of likely N-dealkylation sites (tertiary alicyclic amines) is 1. The Bertz CT molecular complexity index is 904. The van der Waals surface area contributed by atoms with Crippen molar-refractivity contribution in [2.75, 3.05) is 44.7 Å². The molecule has 1 saturated carbocycles. The summed E-state index contributed by atoms with van der Waals surface area (Å²) in [6, 6.07) is 6.97. The first kappa shape index (κ1) is 22.7. The first-order chi connectivity index (χ1) is 16.1. The Balaban J connectivity index is 1.17. The second kappa shape index (κ2) is 10.0. The smallest absolute Gasteiger partial charge is 0.254 e. The standard InChI is InChI=1S/C28H39N3O2/c1-29(24-9-3-2-4-10-24)25-11-12-27-22(17-25)14-16-31(28(27)33)20-26(32)19-30-15-13-21-7-5-6-8-23(21)18-30/h5-8,11-12,17,21,23-24,26,32H,2-4,9-10,13-16,18-20H2,1H3/t21?,23?,26-/m1/s1. The molecule has 33 heavy (non-hydrogen) atoms. The van der Waals surface area contributed by atoms with Crippen molar-refractivity contribution in [2.24, 2.45) is 11.8 Å². The molecule has 1 N–H and O–H groups in total. The van der Waals surface area contributed by atoms with Crippen molar-refractivity contribution >= 4 is 11.6 Å². The monoisotopic (exact) mass is 449 g/mol. The van der Waals surface area contributed by atoms with Crippen LogP contribution in [0.15, 0.2) is 42.5 Å². The number of hydrogen-bond acceptors (Lipinski definition) is 4. The highest BCUT2D eigenvalue weighted by Gasteiger charge is 2.30. The van der Waals surface area contributed by atoms with E-state index in [0.29, 0.717) is 37.5 Å². The van der Waals surface area contributed by atoms with Gasteiger partial charge < -0.3 is 19.8 Å². The summed E-state index contributed by atoms with van der Waals surface area (Å²) in [7, 11) is 2.20. The molecule has 2 aliphatic heterocycles. The Morgan fingerprint density at radius 2 is 1.82 bits per heavy atom. The Morgan fingerprint density at radius 1 is 1.03 bits per heavy atom. The number of amides is 1. The summed E-state index contributed by atoms with van der Waals surface area (Å²) in [5.41, 5.74) is 3.20. The minimum Gasteiger partial charge on any atom is -0.390 e. The Labute approximate surface area is 198 Å². The molecule has 1 aromatic carbocycles. The van der Waals surface area contributed by atoms with Crippen molar-refractivity contribution in [1.82, 2.24) is 9.80 Å². The van der Waals surface area contributed by atoms with Crippen molar-refractivity contribution in [2.45, 2.75) is 57.1 Å². The molecule has 2 aliphatic carbocycles. The normalized spacial score (nSPS) is 26.7. The van der Waals surface area contributed by atoms with E-state index >= 15 is 0 Å². The number of benzene rings is 1. The zero-order valence-electron chi connectivity index (χ0n) is 20.0. The minimum atomic E-state index is -0.508. The van der Waals surface area contributed by atoms with Crippen LogP contribution < -0.4 is 4.90 Å². The largest absolute Gasteiger partial charge is 0.390 e. The van der Waals surface area contributed by atoms with Gasteiger partial charge >= 0.3 is 0 Å². The average molecular weight is 450 g/mol. The van der Waals surface area contributed by atoms with E-state index in [0.717, 1.165) is 37.1 Å². The number of rotatable bonds is 6. The molecule has 3 atom stereocenters. The molecule has 0 bridgehead atoms. The van der Waals surface area contributed by atoms with Gasteiger partial charge in [-0.3, -0.25) is 4.79 Å². The second-order valence-electron chi connectivity index (χ2n) is 10.5. The molecule has 178 valence electrons. The number of β-amino-alcohol motifs (C(OH)–C–C–N with tert-alkyl or cyclic N) is 1. The summed E-state index contributed by atoms with van der Waals surface area (Å²) in [6.45, 7) is 3.77. The molecule has 0 spiro atoms. The molecule has 2 fully saturated rings. The fourth-order valence-corrected chi connectivity index (χ4v) is 6.30. The number of allylic oxidation sites excluding steroid dienone is 3. The van der Waals surface area contributed by atoms with E-state index < -0.39 is 6.10 Å². The lowest BCUT2D eigenvalue weighted by atomic mass is 9.82. The van der Waals surface area contributed by atoms with Crippen LogP contribution in [0.1, 0.15) is 54.4 Å². The van der Waals surface area contributed by atoms with E-state index in [1.54, 1.807) is 0 Å². The highest BCUT2D eigenvalue weighted by atomic mass is 16.3. The van der Waals surface area contributed by atoms with Crippen molar-refractivity contribution in [3.63, 3.8) is 0 Å². The molecule has 5 nitrogen and oxygen atoms in total. The predicted molar refractivity (Wildman–Crippen MR) is 134 cm³/mol. The van der Waals surface area contributed by atoms with Crippen LogP contribution in [0.4, 0.5) is 5.69 Å². The number of aliphatic hydroxyl groups is 1. The molecule has 4 aliphatic rings. The molecule has 5 rings (SSSR count). The van der Waals surface area contributed by atoms with E-state index in [1.165, 1.54) is 37.8 Å². The highest BCUT2D eigenvalue weighted by Crippen LogP contribution is 2.30. The van der Waals surface area contributed by atoms with Gasteiger partial charge in [0.15, 0.2) is 0 Å². The van der Waals surface area contributed by atoms with Gasteiger partial charge in [-0.1, -0.05) is 43.6 Å². The Morgan fingerprint density at radius 3 is 2.64 bits per heavy atom. The summed E-state index contributed by atoms with van der Waals surface area (Å²) >= 11 is 0. The third-order valence-corrected chi connectivity index (χ3v) is 8.31. The lowest BCUT2D eigenvalue weighted by Gasteiger charge is -2.39. The third kappa shape index (κ3) is 5.04. The van der Waals surface area contributed by atoms with E-state index in [1.807, 2.05) is 11.0 Å². The van der Waals surface area contributed by atoms with Gasteiger partial charge in [0.05, 0.1) is 6.10 Å². The van der Waals surface area contributed by atoms with Crippen molar-refractivity contribution < 1.29 is 9.90 Å². The van der Waals surface area contributed by atoms with Crippen LogP contribution >= 0.6 is 0 Å². The van der Waals surface area contributed by atoms with E-state index in [4.69, 9.17) is 0 Å². The van der Waals surface area contributed by atoms with Crippen LogP contribution in [0.5, 0.6) is 0 Å². The van der Waals surface area contributed by atoms with Gasteiger partial charge in [-0.05, 0) is 67.8 Å². The maximum absolute atomic E-state index is 13.2. The molecule has 1 saturated heterocycles. The number of aliphatic hydroxyl groups excluding tert-OH is 1. The second-order valence-corrected chi connectivity index (χ2v) is 10.5. The molecule has 0 radical (unpaired) electrons. The van der Waals surface area contributed by atoms with Gasteiger partial charge in [0.2, 0.25) is 0 Å². The van der Waals surface area contributed by atoms with Crippen molar-refractivity contribution in [1.29, 1.82) is 0 Å². The molecular formula is C28H39N3O2. The molecule has 2 unspecified atom stereocenters. The van der Waals surface area contributed by atoms with Crippen LogP contribution in [0.25, 0.3) is 0 Å². The van der Waals surface area contributed by atoms with Gasteiger partial charge in [-0.15, -0.1) is 0 Å². The molecule has 2 heterocycles. The number of carbonyl (C=O) groups is 1. The van der Waals surface area contributed by atoms with Crippen LogP contribution in [0.2, 0.25) is 0 Å². The van der Waals surface area contributed by atoms with Gasteiger partial charge in [0, 0.05) is 50.5 Å². The summed E-state index contributed by atoms with van der Waals surface area (Å²) in [4.78, 5) is 19.8. The molecule has 1 amide bonds. The summed E-state index contributed by atoms with van der Waals surface area (Å²) in [5.74, 6) is 1.27. The highest BCUT2D eigenvalue weighted by molar-refractivity contribution is 5.97. The topological polar surface area (TPSA) is 47.0 Å². The first-order valence-electron chi connectivity index (χ1n) is 13.0. The maximum Gasteiger partial charge on any atom is 0.254 e. The fraction of sp³-hybridized carbons (Fsp3) is 0.607. The van der Waals surface area contributed by atoms with Gasteiger partial charge in [-0.2, -0.15) is 0 Å². The first-order valence-corrected chi connectivity index (χ1v) is 13.0. The molecule has 0 aromatic heterocycles. The number of piperidine rings is 1. The van der Waals surface area contributed by atoms with E-state index in [-0.39, 0.29) is 5.91 Å². The zero-order chi connectivity index (χ0) is 22.8. The zero-order valence-corrected chi connectivity index (χ0v) is 20.0. The van der Waals surface area contributed by atoms with Crippen molar-refractivity contribution in [3.05, 3.63) is 53.6 Å². The summed E-state index contributed by atoms with van der Waals surface area (Å²) < 4.78 is 0. The maximum atomic E-state index is 13.2. The molecule has 1 aromatic rings. The summed E-state index contributed by atoms with van der Waals surface area (Å²) in [6.07, 6.45) is 17.0. The van der Waals surface area contributed by atoms with Gasteiger partial charge in [0.1, 0.15) is 0 Å². The number of fused-ring (bicyclic) bond motifs is 2. The predicted octanol–water partition coefficient (Wildman–Crippen LogP) is 3.88. The van der Waals surface area contributed by atoms with Crippen molar-refractivity contribution in [3.8, 4) is 0 Å². The Kier molecular flexibility index (Phi) is 6.89. The lowest BCUT2D eigenvalue weighted by Crippen LogP contribution is -2.48. The number of anilines is 1. The number of carbonyl (C=O) groups excluding carboxylic acids is 1.